The Balaban J connectivity index is 1.97. The Morgan fingerprint density at radius 2 is 1.48 bits per heavy atom. The first-order valence-electron chi connectivity index (χ1n) is 8.04. The predicted molar refractivity (Wildman–Crippen MR) is 87.4 cm³/mol. The fourth-order valence-corrected chi connectivity index (χ4v) is 2.03. The largest absolute Gasteiger partial charge is 0.487 e. The van der Waals surface area contributed by atoms with Crippen LogP contribution in [0.2, 0.25) is 0 Å². The number of fused-ring (bicyclic) bond motifs is 1. The molecule has 0 aromatic heterocycles. The van der Waals surface area contributed by atoms with Gasteiger partial charge < -0.3 is 28.4 Å². The van der Waals surface area contributed by atoms with Crippen LogP contribution in [0.3, 0.4) is 0 Å². The van der Waals surface area contributed by atoms with E-state index in [4.69, 9.17) is 34.3 Å². The van der Waals surface area contributed by atoms with Gasteiger partial charge in [-0.05, 0) is 17.7 Å². The van der Waals surface area contributed by atoms with Crippen LogP contribution >= 0.6 is 0 Å². The molecule has 0 unspecified atom stereocenters. The lowest BCUT2D eigenvalue weighted by Crippen LogP contribution is -2.30. The molecule has 25 heavy (non-hydrogen) atoms. The summed E-state index contributed by atoms with van der Waals surface area (Å²) >= 11 is 0. The van der Waals surface area contributed by atoms with E-state index in [1.54, 1.807) is 18.2 Å². The summed E-state index contributed by atoms with van der Waals surface area (Å²) in [5.74, 6) is 6.11. The van der Waals surface area contributed by atoms with E-state index < -0.39 is 6.09 Å². The van der Waals surface area contributed by atoms with Gasteiger partial charge in [-0.15, -0.1) is 0 Å². The van der Waals surface area contributed by atoms with Crippen molar-refractivity contribution in [3.8, 4) is 11.5 Å². The summed E-state index contributed by atoms with van der Waals surface area (Å²) in [5, 5.41) is 0. The zero-order valence-electron chi connectivity index (χ0n) is 14.0. The summed E-state index contributed by atoms with van der Waals surface area (Å²) in [7, 11) is 0. The molecule has 0 fully saturated rings. The van der Waals surface area contributed by atoms with Crippen LogP contribution < -0.4 is 20.7 Å². The minimum atomic E-state index is -0.707. The zero-order valence-corrected chi connectivity index (χ0v) is 14.0. The molecular weight excluding hydrogens is 332 g/mol. The van der Waals surface area contributed by atoms with Gasteiger partial charge in [0.1, 0.15) is 19.8 Å². The minimum absolute atomic E-state index is 0.0661. The number of rotatable bonds is 2. The lowest BCUT2D eigenvalue weighted by molar-refractivity contribution is 0.00708. The first kappa shape index (κ1) is 19.3. The third-order valence-corrected chi connectivity index (χ3v) is 3.21. The number of hydrazine groups is 1. The third kappa shape index (κ3) is 7.57. The Hall–Kier alpha value is -2.07. The molecule has 0 aliphatic carbocycles. The highest BCUT2D eigenvalue weighted by atomic mass is 16.6. The van der Waals surface area contributed by atoms with Crippen LogP contribution in [0, 0.1) is 0 Å². The lowest BCUT2D eigenvalue weighted by Gasteiger charge is -2.14. The van der Waals surface area contributed by atoms with Crippen molar-refractivity contribution in [3.05, 3.63) is 23.8 Å². The number of carbonyl (C=O) groups is 1. The fourth-order valence-electron chi connectivity index (χ4n) is 2.03. The number of hydrogen-bond acceptors (Lipinski definition) is 8. The fraction of sp³-hybridized carbons (Fsp3) is 0.562. The van der Waals surface area contributed by atoms with Crippen LogP contribution in [0.5, 0.6) is 11.5 Å². The van der Waals surface area contributed by atoms with Gasteiger partial charge in [-0.25, -0.2) is 10.6 Å². The summed E-state index contributed by atoms with van der Waals surface area (Å²) in [5.41, 5.74) is 2.65. The Bertz CT molecular complexity index is 527. The van der Waals surface area contributed by atoms with E-state index in [9.17, 15) is 4.79 Å². The van der Waals surface area contributed by atoms with Crippen LogP contribution in [0.25, 0.3) is 0 Å². The second-order valence-electron chi connectivity index (χ2n) is 5.04. The van der Waals surface area contributed by atoms with Crippen molar-refractivity contribution >= 4 is 6.09 Å². The molecule has 9 heteroatoms. The molecule has 3 N–H and O–H groups in total. The highest BCUT2D eigenvalue weighted by Gasteiger charge is 2.09. The second-order valence-corrected chi connectivity index (χ2v) is 5.04. The van der Waals surface area contributed by atoms with Crippen LogP contribution in [-0.2, 0) is 25.6 Å². The molecule has 0 saturated carbocycles. The van der Waals surface area contributed by atoms with E-state index in [1.165, 1.54) is 0 Å². The topological polar surface area (TPSA) is 111 Å². The Morgan fingerprint density at radius 1 is 0.920 bits per heavy atom. The number of benzene rings is 1. The molecule has 1 aliphatic heterocycles. The van der Waals surface area contributed by atoms with Gasteiger partial charge in [0, 0.05) is 0 Å². The van der Waals surface area contributed by atoms with Gasteiger partial charge in [-0.3, -0.25) is 5.43 Å². The third-order valence-electron chi connectivity index (χ3n) is 3.21. The summed E-state index contributed by atoms with van der Waals surface area (Å²) in [6.45, 7) is 3.73. The van der Waals surface area contributed by atoms with Crippen molar-refractivity contribution in [3.63, 3.8) is 0 Å². The highest BCUT2D eigenvalue weighted by molar-refractivity contribution is 5.66. The van der Waals surface area contributed by atoms with Crippen molar-refractivity contribution in [2.24, 2.45) is 5.84 Å². The van der Waals surface area contributed by atoms with Crippen molar-refractivity contribution in [1.82, 2.24) is 5.43 Å². The van der Waals surface area contributed by atoms with E-state index in [-0.39, 0.29) is 6.61 Å². The second kappa shape index (κ2) is 11.5. The van der Waals surface area contributed by atoms with E-state index in [1.807, 2.05) is 5.43 Å². The minimum Gasteiger partial charge on any atom is -0.487 e. The maximum Gasteiger partial charge on any atom is 0.421 e. The zero-order chi connectivity index (χ0) is 17.7. The van der Waals surface area contributed by atoms with Crippen molar-refractivity contribution < 1.29 is 33.2 Å². The first-order valence-corrected chi connectivity index (χ1v) is 8.04. The quantitative estimate of drug-likeness (QED) is 0.450. The smallest absolute Gasteiger partial charge is 0.421 e. The highest BCUT2D eigenvalue weighted by Crippen LogP contribution is 2.29. The van der Waals surface area contributed by atoms with Gasteiger partial charge in [-0.1, -0.05) is 6.07 Å². The number of nitrogens with one attached hydrogen (secondary N) is 1. The summed E-state index contributed by atoms with van der Waals surface area (Å²) < 4.78 is 32.5. The first-order chi connectivity index (χ1) is 12.3. The number of carbonyl (C=O) groups excluding carboxylic acids is 1. The molecule has 1 aromatic rings. The Morgan fingerprint density at radius 3 is 2.08 bits per heavy atom. The molecule has 0 bridgehead atoms. The molecule has 1 aromatic carbocycles. The molecule has 9 nitrogen and oxygen atoms in total. The summed E-state index contributed by atoms with van der Waals surface area (Å²) in [6.07, 6.45) is -0.707. The maximum absolute atomic E-state index is 11.1. The van der Waals surface area contributed by atoms with Crippen LogP contribution in [-0.4, -0.2) is 58.9 Å². The molecule has 0 spiro atoms. The number of amides is 1. The summed E-state index contributed by atoms with van der Waals surface area (Å²) in [6, 6.07) is 5.29. The molecule has 0 saturated heterocycles. The van der Waals surface area contributed by atoms with Gasteiger partial charge >= 0.3 is 6.09 Å². The molecule has 2 rings (SSSR count). The molecule has 1 heterocycles. The standard InChI is InChI=1S/C16H24N2O7/c17-18-16(19)25-12-13-1-2-14-15(11-13)24-10-8-22-6-4-20-3-5-21-7-9-23-14/h1-2,11H,3-10,12,17H2,(H,18,19). The van der Waals surface area contributed by atoms with E-state index in [2.05, 4.69) is 0 Å². The Kier molecular flexibility index (Phi) is 8.84. The monoisotopic (exact) mass is 356 g/mol. The molecule has 140 valence electrons. The van der Waals surface area contributed by atoms with Gasteiger partial charge in [0.25, 0.3) is 0 Å². The van der Waals surface area contributed by atoms with Gasteiger partial charge in [0.15, 0.2) is 11.5 Å². The van der Waals surface area contributed by atoms with Crippen molar-refractivity contribution in [1.29, 1.82) is 0 Å². The number of hydrogen-bond donors (Lipinski definition) is 2. The normalized spacial score (nSPS) is 17.0. The van der Waals surface area contributed by atoms with Crippen LogP contribution in [0.1, 0.15) is 5.56 Å². The number of nitrogens with two attached hydrogens (primary N) is 1. The van der Waals surface area contributed by atoms with Crippen molar-refractivity contribution in [2.45, 2.75) is 6.61 Å². The van der Waals surface area contributed by atoms with Crippen LogP contribution in [0.4, 0.5) is 4.79 Å². The average molecular weight is 356 g/mol. The molecule has 1 amide bonds. The van der Waals surface area contributed by atoms with E-state index in [0.29, 0.717) is 64.4 Å². The Labute approximate surface area is 146 Å². The summed E-state index contributed by atoms with van der Waals surface area (Å²) in [4.78, 5) is 11.1. The lowest BCUT2D eigenvalue weighted by atomic mass is 10.2. The van der Waals surface area contributed by atoms with Gasteiger partial charge in [0.2, 0.25) is 0 Å². The van der Waals surface area contributed by atoms with Crippen molar-refractivity contribution in [2.75, 3.05) is 52.9 Å². The molecule has 0 radical (unpaired) electrons. The van der Waals surface area contributed by atoms with Gasteiger partial charge in [0.05, 0.1) is 39.6 Å². The maximum atomic E-state index is 11.1. The SMILES string of the molecule is NNC(=O)OCc1ccc2c(c1)OCCOCCOCCOCCO2. The molecule has 1 aliphatic rings. The number of ether oxygens (including phenoxy) is 6. The van der Waals surface area contributed by atoms with Crippen LogP contribution in [0.15, 0.2) is 18.2 Å². The molecular formula is C16H24N2O7. The van der Waals surface area contributed by atoms with Gasteiger partial charge in [-0.2, -0.15) is 0 Å². The molecule has 0 atom stereocenters. The van der Waals surface area contributed by atoms with E-state index >= 15 is 0 Å². The van der Waals surface area contributed by atoms with E-state index in [0.717, 1.165) is 5.56 Å². The average Bonchev–Trinajstić information content (AvgIpc) is 2.64. The predicted octanol–water partition coefficient (Wildman–Crippen LogP) is 0.607.